The van der Waals surface area contributed by atoms with Crippen LogP contribution in [0.25, 0.3) is 0 Å². The first kappa shape index (κ1) is 7.93. The summed E-state index contributed by atoms with van der Waals surface area (Å²) in [6.07, 6.45) is 0.827. The predicted molar refractivity (Wildman–Crippen MR) is 47.5 cm³/mol. The summed E-state index contributed by atoms with van der Waals surface area (Å²) >= 11 is 0. The molecule has 0 spiro atoms. The number of hydrogen-bond acceptors (Lipinski definition) is 1. The molecule has 1 aromatic carbocycles. The van der Waals surface area contributed by atoms with Crippen LogP contribution >= 0.6 is 0 Å². The average molecular weight is 143 g/mol. The number of carbonyl (C=O) groups is 1. The molecule has 53 valence electrons. The second-order valence-corrected chi connectivity index (χ2v) is 2.36. The van der Waals surface area contributed by atoms with Crippen molar-refractivity contribution in [3.8, 4) is 0 Å². The second-order valence-electron chi connectivity index (χ2n) is 2.36. The average Bonchev–Trinajstić information content (AvgIpc) is 2.04. The van der Waals surface area contributed by atoms with Gasteiger partial charge in [0, 0.05) is 0 Å². The number of benzene rings is 1. The van der Waals surface area contributed by atoms with Crippen LogP contribution in [0.3, 0.4) is 0 Å². The molecule has 0 fully saturated rings. The Hall–Kier alpha value is -1.18. The van der Waals surface area contributed by atoms with E-state index in [0.29, 0.717) is 5.56 Å². The van der Waals surface area contributed by atoms with E-state index >= 15 is 0 Å². The van der Waals surface area contributed by atoms with E-state index in [4.69, 9.17) is 7.49 Å². The molecule has 0 atom stereocenters. The zero-order valence-corrected chi connectivity index (χ0v) is 6.37. The number of aldehydes is 1. The van der Waals surface area contributed by atoms with Crippen LogP contribution in [-0.2, 0) is 0 Å². The first-order valence-corrected chi connectivity index (χ1v) is 3.39. The van der Waals surface area contributed by atoms with Crippen LogP contribution in [0.4, 0.5) is 0 Å². The fourth-order valence-corrected chi connectivity index (χ4v) is 1.01. The maximum atomic E-state index is 10.5. The normalized spacial score (nSPS) is 9.09. The van der Waals surface area contributed by atoms with Gasteiger partial charge >= 0.3 is 66.3 Å². The Bertz CT molecular complexity index is 292. The summed E-state index contributed by atoms with van der Waals surface area (Å²) in [6.45, 7) is 1.89. The van der Waals surface area contributed by atoms with Gasteiger partial charge in [-0.2, -0.15) is 0 Å². The Labute approximate surface area is 67.1 Å². The van der Waals surface area contributed by atoms with Crippen molar-refractivity contribution in [3.63, 3.8) is 0 Å². The van der Waals surface area contributed by atoms with Crippen molar-refractivity contribution >= 4 is 19.7 Å². The van der Waals surface area contributed by atoms with Gasteiger partial charge in [0.2, 0.25) is 0 Å². The van der Waals surface area contributed by atoms with Crippen molar-refractivity contribution in [2.24, 2.45) is 0 Å². The summed E-state index contributed by atoms with van der Waals surface area (Å²) in [7, 11) is 5.31. The van der Waals surface area contributed by atoms with E-state index in [9.17, 15) is 4.79 Å². The topological polar surface area (TPSA) is 17.1 Å². The summed E-state index contributed by atoms with van der Waals surface area (Å²) in [4.78, 5) is 10.5. The van der Waals surface area contributed by atoms with Crippen LogP contribution in [0.5, 0.6) is 0 Å². The van der Waals surface area contributed by atoms with Crippen LogP contribution in [0.15, 0.2) is 18.2 Å². The molecule has 0 aliphatic rings. The van der Waals surface area contributed by atoms with Gasteiger partial charge in [-0.25, -0.2) is 0 Å². The molecule has 1 aromatic rings. The van der Waals surface area contributed by atoms with Gasteiger partial charge in [0.05, 0.1) is 0 Å². The predicted octanol–water partition coefficient (Wildman–Crippen LogP) is 1.13. The Morgan fingerprint density at radius 3 is 2.64 bits per heavy atom. The molecule has 0 saturated carbocycles. The molecule has 0 amide bonds. The van der Waals surface area contributed by atoms with Gasteiger partial charge in [-0.3, -0.25) is 0 Å². The van der Waals surface area contributed by atoms with E-state index < -0.39 is 0 Å². The zero-order chi connectivity index (χ0) is 8.27. The third-order valence-electron chi connectivity index (χ3n) is 1.66. The minimum absolute atomic E-state index is 0.676. The van der Waals surface area contributed by atoms with E-state index in [-0.39, 0.29) is 0 Å². The van der Waals surface area contributed by atoms with E-state index in [1.165, 1.54) is 5.97 Å². The maximum absolute atomic E-state index is 10.5. The van der Waals surface area contributed by atoms with Gasteiger partial charge in [0.15, 0.2) is 0 Å². The Balaban J connectivity index is 3.35. The molecule has 1 radical (unpaired) electrons. The van der Waals surface area contributed by atoms with Crippen LogP contribution in [0.1, 0.15) is 21.5 Å². The first-order valence-electron chi connectivity index (χ1n) is 3.39. The van der Waals surface area contributed by atoms with Crippen molar-refractivity contribution in [3.05, 3.63) is 34.9 Å². The molecule has 0 aromatic heterocycles. The van der Waals surface area contributed by atoms with Crippen molar-refractivity contribution in [1.29, 1.82) is 0 Å². The van der Waals surface area contributed by atoms with Gasteiger partial charge in [-0.15, -0.1) is 0 Å². The number of hydrogen-bond donors (Lipinski definition) is 0. The molecular formula is C9H8BO. The van der Waals surface area contributed by atoms with Gasteiger partial charge in [-0.1, -0.05) is 0 Å². The molecule has 0 saturated heterocycles. The van der Waals surface area contributed by atoms with Gasteiger partial charge < -0.3 is 0 Å². The van der Waals surface area contributed by atoms with E-state index in [0.717, 1.165) is 17.4 Å². The molecule has 0 aliphatic carbocycles. The number of rotatable bonds is 2. The molecule has 0 bridgehead atoms. The van der Waals surface area contributed by atoms with Gasteiger partial charge in [0.1, 0.15) is 0 Å². The standard InChI is InChI=1S/C9H8BO/c1-7-3-2-4-8(5-10)9(7)6-11/h2-6H,1H3. The summed E-state index contributed by atoms with van der Waals surface area (Å²) < 4.78 is 0. The van der Waals surface area contributed by atoms with Crippen LogP contribution in [0.2, 0.25) is 0 Å². The fraction of sp³-hybridized carbons (Fsp3) is 0.111. The minimum atomic E-state index is 0.676. The van der Waals surface area contributed by atoms with Crippen molar-refractivity contribution in [1.82, 2.24) is 0 Å². The molecule has 0 aliphatic heterocycles. The molecular weight excluding hydrogens is 135 g/mol. The van der Waals surface area contributed by atoms with Crippen LogP contribution in [0, 0.1) is 6.92 Å². The second kappa shape index (κ2) is 3.29. The third kappa shape index (κ3) is 1.45. The van der Waals surface area contributed by atoms with E-state index in [1.807, 2.05) is 25.1 Å². The Kier molecular flexibility index (Phi) is 2.37. The fourth-order valence-electron chi connectivity index (χ4n) is 1.01. The molecule has 2 heteroatoms. The van der Waals surface area contributed by atoms with Gasteiger partial charge in [-0.05, 0) is 0 Å². The number of carbonyl (C=O) groups excluding carboxylic acids is 1. The van der Waals surface area contributed by atoms with Crippen molar-refractivity contribution < 1.29 is 4.79 Å². The Morgan fingerprint density at radius 2 is 2.18 bits per heavy atom. The van der Waals surface area contributed by atoms with Crippen LogP contribution < -0.4 is 0 Å². The van der Waals surface area contributed by atoms with Crippen molar-refractivity contribution in [2.45, 2.75) is 6.92 Å². The van der Waals surface area contributed by atoms with Crippen molar-refractivity contribution in [2.75, 3.05) is 0 Å². The molecule has 11 heavy (non-hydrogen) atoms. The zero-order valence-electron chi connectivity index (χ0n) is 6.37. The summed E-state index contributed by atoms with van der Waals surface area (Å²) in [5.41, 5.74) is 2.43. The third-order valence-corrected chi connectivity index (χ3v) is 1.66. The SMILES string of the molecule is [B]=Cc1cccc(C)c1C=O. The molecule has 0 heterocycles. The molecule has 1 rings (SSSR count). The molecule has 0 unspecified atom stereocenters. The monoisotopic (exact) mass is 143 g/mol. The Morgan fingerprint density at radius 1 is 1.45 bits per heavy atom. The summed E-state index contributed by atoms with van der Waals surface area (Å²) in [5.74, 6) is 1.44. The van der Waals surface area contributed by atoms with Crippen LogP contribution in [-0.4, -0.2) is 19.7 Å². The quantitative estimate of drug-likeness (QED) is 0.447. The van der Waals surface area contributed by atoms with E-state index in [1.54, 1.807) is 0 Å². The first-order chi connectivity index (χ1) is 5.29. The van der Waals surface area contributed by atoms with Gasteiger partial charge in [0.25, 0.3) is 0 Å². The molecule has 0 N–H and O–H groups in total. The summed E-state index contributed by atoms with van der Waals surface area (Å²) in [6, 6.07) is 5.58. The number of aryl methyl sites for hydroxylation is 1. The summed E-state index contributed by atoms with van der Waals surface area (Å²) in [5, 5.41) is 0. The van der Waals surface area contributed by atoms with E-state index in [2.05, 4.69) is 0 Å². The molecule has 1 nitrogen and oxygen atoms in total.